The molecule has 0 bridgehead atoms. The molecule has 2 amide bonds. The number of rotatable bonds is 6. The van der Waals surface area contributed by atoms with Crippen molar-refractivity contribution < 1.29 is 9.59 Å². The minimum atomic E-state index is 0.00935. The third kappa shape index (κ3) is 5.23. The standard InChI is InChI=1S/C23H29N5O2/c29-22(25-16-20-8-3-4-10-24-20)17-26-12-14-27(15-13-26)18-23(30)28-11-5-7-19-6-1-2-9-21(19)28/h1-4,6,8-10H,5,7,11-18H2,(H,25,29). The Hall–Kier alpha value is -2.77. The predicted molar refractivity (Wildman–Crippen MR) is 116 cm³/mol. The van der Waals surface area contributed by atoms with E-state index in [0.717, 1.165) is 56.9 Å². The van der Waals surface area contributed by atoms with Crippen molar-refractivity contribution in [1.82, 2.24) is 20.1 Å². The Kier molecular flexibility index (Phi) is 6.71. The highest BCUT2D eigenvalue weighted by Gasteiger charge is 2.26. The number of hydrogen-bond acceptors (Lipinski definition) is 5. The van der Waals surface area contributed by atoms with E-state index in [0.29, 0.717) is 19.6 Å². The monoisotopic (exact) mass is 407 g/mol. The first-order chi connectivity index (χ1) is 14.7. The van der Waals surface area contributed by atoms with Crippen LogP contribution in [-0.4, -0.2) is 72.4 Å². The van der Waals surface area contributed by atoms with Crippen molar-refractivity contribution in [2.75, 3.05) is 50.7 Å². The first-order valence-electron chi connectivity index (χ1n) is 10.7. The van der Waals surface area contributed by atoms with Gasteiger partial charge in [-0.05, 0) is 36.6 Å². The van der Waals surface area contributed by atoms with Crippen molar-refractivity contribution in [3.8, 4) is 0 Å². The van der Waals surface area contributed by atoms with Crippen molar-refractivity contribution in [3.63, 3.8) is 0 Å². The van der Waals surface area contributed by atoms with Crippen LogP contribution in [0, 0.1) is 0 Å². The number of carbonyl (C=O) groups excluding carboxylic acids is 2. The Bertz CT molecular complexity index is 865. The molecular formula is C23H29N5O2. The van der Waals surface area contributed by atoms with Gasteiger partial charge in [0.15, 0.2) is 0 Å². The first kappa shape index (κ1) is 20.5. The van der Waals surface area contributed by atoms with Crippen molar-refractivity contribution in [1.29, 1.82) is 0 Å². The van der Waals surface area contributed by atoms with Crippen molar-refractivity contribution in [2.24, 2.45) is 0 Å². The van der Waals surface area contributed by atoms with E-state index in [1.54, 1.807) is 6.20 Å². The Morgan fingerprint density at radius 3 is 2.40 bits per heavy atom. The second kappa shape index (κ2) is 9.82. The van der Waals surface area contributed by atoms with Gasteiger partial charge in [0, 0.05) is 44.6 Å². The van der Waals surface area contributed by atoms with Crippen molar-refractivity contribution in [2.45, 2.75) is 19.4 Å². The summed E-state index contributed by atoms with van der Waals surface area (Å²) in [5.74, 6) is 0.179. The van der Waals surface area contributed by atoms with Gasteiger partial charge in [-0.1, -0.05) is 24.3 Å². The zero-order valence-corrected chi connectivity index (χ0v) is 17.3. The lowest BCUT2D eigenvalue weighted by molar-refractivity contribution is -0.124. The van der Waals surface area contributed by atoms with Gasteiger partial charge in [-0.25, -0.2) is 0 Å². The molecule has 7 heteroatoms. The fourth-order valence-corrected chi connectivity index (χ4v) is 4.13. The van der Waals surface area contributed by atoms with Crippen LogP contribution in [0.15, 0.2) is 48.7 Å². The number of carbonyl (C=O) groups is 2. The number of aromatic nitrogens is 1. The Morgan fingerprint density at radius 1 is 0.900 bits per heavy atom. The summed E-state index contributed by atoms with van der Waals surface area (Å²) in [6.07, 6.45) is 3.79. The molecule has 0 radical (unpaired) electrons. The van der Waals surface area contributed by atoms with E-state index in [2.05, 4.69) is 26.2 Å². The lowest BCUT2D eigenvalue weighted by atomic mass is 10.0. The summed E-state index contributed by atoms with van der Waals surface area (Å²) in [7, 11) is 0. The van der Waals surface area contributed by atoms with Crippen molar-refractivity contribution >= 4 is 17.5 Å². The summed E-state index contributed by atoms with van der Waals surface area (Å²) in [4.78, 5) is 35.6. The van der Waals surface area contributed by atoms with Gasteiger partial charge in [0.25, 0.3) is 0 Å². The van der Waals surface area contributed by atoms with Crippen LogP contribution in [0.3, 0.4) is 0 Å². The van der Waals surface area contributed by atoms with Crippen molar-refractivity contribution in [3.05, 3.63) is 59.9 Å². The Balaban J connectivity index is 1.20. The maximum atomic E-state index is 12.9. The summed E-state index contributed by atoms with van der Waals surface area (Å²) >= 11 is 0. The molecule has 2 aliphatic rings. The molecule has 0 atom stereocenters. The number of fused-ring (bicyclic) bond motifs is 1. The maximum Gasteiger partial charge on any atom is 0.241 e. The molecule has 1 aromatic heterocycles. The lowest BCUT2D eigenvalue weighted by Crippen LogP contribution is -2.52. The van der Waals surface area contributed by atoms with E-state index in [1.807, 2.05) is 41.3 Å². The average Bonchev–Trinajstić information content (AvgIpc) is 2.79. The van der Waals surface area contributed by atoms with Gasteiger partial charge in [0.05, 0.1) is 25.3 Å². The minimum Gasteiger partial charge on any atom is -0.349 e. The maximum absolute atomic E-state index is 12.9. The van der Waals surface area contributed by atoms with Crippen LogP contribution in [0.4, 0.5) is 5.69 Å². The molecule has 2 aromatic rings. The van der Waals surface area contributed by atoms with Crippen LogP contribution in [-0.2, 0) is 22.6 Å². The lowest BCUT2D eigenvalue weighted by Gasteiger charge is -2.36. The average molecular weight is 408 g/mol. The number of benzene rings is 1. The highest BCUT2D eigenvalue weighted by Crippen LogP contribution is 2.26. The van der Waals surface area contributed by atoms with Crippen LogP contribution in [0.1, 0.15) is 17.7 Å². The molecule has 0 unspecified atom stereocenters. The fraction of sp³-hybridized carbons (Fsp3) is 0.435. The fourth-order valence-electron chi connectivity index (χ4n) is 4.13. The number of nitrogens with one attached hydrogen (secondary N) is 1. The van der Waals surface area contributed by atoms with Gasteiger partial charge >= 0.3 is 0 Å². The zero-order valence-electron chi connectivity index (χ0n) is 17.3. The van der Waals surface area contributed by atoms with Gasteiger partial charge in [-0.2, -0.15) is 0 Å². The number of amides is 2. The number of anilines is 1. The second-order valence-electron chi connectivity index (χ2n) is 7.93. The van der Waals surface area contributed by atoms with Crippen LogP contribution >= 0.6 is 0 Å². The molecule has 1 saturated heterocycles. The summed E-state index contributed by atoms with van der Waals surface area (Å²) in [6, 6.07) is 13.9. The van der Waals surface area contributed by atoms with E-state index in [9.17, 15) is 9.59 Å². The van der Waals surface area contributed by atoms with Gasteiger partial charge in [-0.15, -0.1) is 0 Å². The third-order valence-electron chi connectivity index (χ3n) is 5.80. The molecule has 3 heterocycles. The summed E-state index contributed by atoms with van der Waals surface area (Å²) in [6.45, 7) is 5.26. The molecular weight excluding hydrogens is 378 g/mol. The quantitative estimate of drug-likeness (QED) is 0.782. The van der Waals surface area contributed by atoms with E-state index < -0.39 is 0 Å². The molecule has 7 nitrogen and oxygen atoms in total. The van der Waals surface area contributed by atoms with Gasteiger partial charge < -0.3 is 10.2 Å². The molecule has 30 heavy (non-hydrogen) atoms. The van der Waals surface area contributed by atoms with E-state index >= 15 is 0 Å². The largest absolute Gasteiger partial charge is 0.349 e. The van der Waals surface area contributed by atoms with Gasteiger partial charge in [-0.3, -0.25) is 24.4 Å². The summed E-state index contributed by atoms with van der Waals surface area (Å²) < 4.78 is 0. The smallest absolute Gasteiger partial charge is 0.241 e. The van der Waals surface area contributed by atoms with E-state index in [-0.39, 0.29) is 11.8 Å². The van der Waals surface area contributed by atoms with Crippen LogP contribution < -0.4 is 10.2 Å². The number of hydrogen-bond donors (Lipinski definition) is 1. The molecule has 2 aliphatic heterocycles. The van der Waals surface area contributed by atoms with Crippen LogP contribution in [0.25, 0.3) is 0 Å². The van der Waals surface area contributed by atoms with Crippen LogP contribution in [0.2, 0.25) is 0 Å². The number of aryl methyl sites for hydroxylation is 1. The molecule has 1 N–H and O–H groups in total. The summed E-state index contributed by atoms with van der Waals surface area (Å²) in [5, 5.41) is 2.92. The van der Waals surface area contributed by atoms with Gasteiger partial charge in [0.1, 0.15) is 0 Å². The molecule has 1 fully saturated rings. The molecule has 0 spiro atoms. The van der Waals surface area contributed by atoms with Crippen LogP contribution in [0.5, 0.6) is 0 Å². The number of pyridine rings is 1. The highest BCUT2D eigenvalue weighted by atomic mass is 16.2. The first-order valence-corrected chi connectivity index (χ1v) is 10.7. The normalized spacial score (nSPS) is 17.4. The molecule has 0 aliphatic carbocycles. The van der Waals surface area contributed by atoms with E-state index in [1.165, 1.54) is 5.56 Å². The molecule has 4 rings (SSSR count). The summed E-state index contributed by atoms with van der Waals surface area (Å²) in [5.41, 5.74) is 3.18. The number of para-hydroxylation sites is 1. The molecule has 158 valence electrons. The molecule has 0 saturated carbocycles. The number of piperazine rings is 1. The number of nitrogens with zero attached hydrogens (tertiary/aromatic N) is 4. The topological polar surface area (TPSA) is 68.8 Å². The zero-order chi connectivity index (χ0) is 20.8. The highest BCUT2D eigenvalue weighted by molar-refractivity contribution is 5.96. The Morgan fingerprint density at radius 2 is 1.63 bits per heavy atom. The van der Waals surface area contributed by atoms with Gasteiger partial charge in [0.2, 0.25) is 11.8 Å². The van der Waals surface area contributed by atoms with E-state index in [4.69, 9.17) is 0 Å². The Labute approximate surface area is 177 Å². The second-order valence-corrected chi connectivity index (χ2v) is 7.93. The third-order valence-corrected chi connectivity index (χ3v) is 5.80. The molecule has 1 aromatic carbocycles. The minimum absolute atomic E-state index is 0.00935. The SMILES string of the molecule is O=C(CN1CCN(CC(=O)N2CCCc3ccccc32)CC1)NCc1ccccn1. The predicted octanol–water partition coefficient (Wildman–Crippen LogP) is 1.29.